The predicted molar refractivity (Wildman–Crippen MR) is 60.6 cm³/mol. The van der Waals surface area contributed by atoms with Gasteiger partial charge in [-0.2, -0.15) is 0 Å². The van der Waals surface area contributed by atoms with Gasteiger partial charge in [-0.1, -0.05) is 29.8 Å². The molecule has 0 aromatic heterocycles. The van der Waals surface area contributed by atoms with Crippen LogP contribution in [0.15, 0.2) is 34.3 Å². The fourth-order valence-corrected chi connectivity index (χ4v) is 1.58. The fourth-order valence-electron chi connectivity index (χ4n) is 1.58. The van der Waals surface area contributed by atoms with Gasteiger partial charge in [0.05, 0.1) is 24.5 Å². The summed E-state index contributed by atoms with van der Waals surface area (Å²) in [7, 11) is 0. The smallest absolute Gasteiger partial charge is 0.0854 e. The van der Waals surface area contributed by atoms with E-state index in [1.165, 1.54) is 11.1 Å². The molecule has 14 heavy (non-hydrogen) atoms. The zero-order valence-corrected chi connectivity index (χ0v) is 8.62. The highest BCUT2D eigenvalue weighted by Gasteiger charge is 2.09. The molecule has 1 aliphatic heterocycles. The molecule has 0 atom stereocenters. The summed E-state index contributed by atoms with van der Waals surface area (Å²) in [4.78, 5) is 8.89. The van der Waals surface area contributed by atoms with Gasteiger partial charge in [0, 0.05) is 5.56 Å². The number of nitrogens with zero attached hydrogens (tertiary/aromatic N) is 2. The van der Waals surface area contributed by atoms with Crippen LogP contribution in [0.3, 0.4) is 0 Å². The third-order valence-electron chi connectivity index (χ3n) is 2.39. The Bertz CT molecular complexity index is 385. The van der Waals surface area contributed by atoms with Crippen molar-refractivity contribution in [2.24, 2.45) is 9.98 Å². The van der Waals surface area contributed by atoms with E-state index >= 15 is 0 Å². The summed E-state index contributed by atoms with van der Waals surface area (Å²) in [6.45, 7) is 5.77. The molecule has 1 aromatic rings. The lowest BCUT2D eigenvalue weighted by Gasteiger charge is -2.11. The quantitative estimate of drug-likeness (QED) is 0.642. The molecule has 0 saturated heterocycles. The van der Waals surface area contributed by atoms with E-state index in [2.05, 4.69) is 41.2 Å². The van der Waals surface area contributed by atoms with Gasteiger partial charge in [-0.25, -0.2) is 0 Å². The van der Waals surface area contributed by atoms with Crippen LogP contribution >= 0.6 is 0 Å². The molecule has 1 aromatic carbocycles. The Morgan fingerprint density at radius 1 is 0.929 bits per heavy atom. The van der Waals surface area contributed by atoms with E-state index in [1.54, 1.807) is 0 Å². The van der Waals surface area contributed by atoms with Crippen molar-refractivity contribution < 1.29 is 0 Å². The Balaban J connectivity index is 2.35. The van der Waals surface area contributed by atoms with E-state index in [0.717, 1.165) is 24.5 Å². The second kappa shape index (κ2) is 3.74. The fraction of sp³-hybridized carbons (Fsp3) is 0.333. The highest BCUT2D eigenvalue weighted by molar-refractivity contribution is 6.47. The third kappa shape index (κ3) is 1.74. The Morgan fingerprint density at radius 2 is 1.57 bits per heavy atom. The molecule has 0 fully saturated rings. The van der Waals surface area contributed by atoms with E-state index in [9.17, 15) is 0 Å². The van der Waals surface area contributed by atoms with Crippen LogP contribution < -0.4 is 0 Å². The van der Waals surface area contributed by atoms with Crippen molar-refractivity contribution in [3.63, 3.8) is 0 Å². The summed E-state index contributed by atoms with van der Waals surface area (Å²) < 4.78 is 0. The predicted octanol–water partition coefficient (Wildman–Crippen LogP) is 2.26. The zero-order valence-electron chi connectivity index (χ0n) is 8.62. The minimum absolute atomic E-state index is 0.820. The SMILES string of the molecule is CC1=NCCN=C1c1ccc(C)cc1. The molecule has 1 heterocycles. The summed E-state index contributed by atoms with van der Waals surface area (Å²) in [5, 5.41) is 0. The molecule has 0 unspecified atom stereocenters. The number of hydrogen-bond donors (Lipinski definition) is 0. The highest BCUT2D eigenvalue weighted by atomic mass is 14.9. The van der Waals surface area contributed by atoms with Crippen molar-refractivity contribution in [3.8, 4) is 0 Å². The molecule has 0 radical (unpaired) electrons. The first-order chi connectivity index (χ1) is 6.77. The van der Waals surface area contributed by atoms with Gasteiger partial charge in [0.25, 0.3) is 0 Å². The minimum Gasteiger partial charge on any atom is -0.286 e. The molecule has 0 saturated carbocycles. The summed E-state index contributed by atoms with van der Waals surface area (Å²) in [6, 6.07) is 8.44. The average Bonchev–Trinajstić information content (AvgIpc) is 2.20. The number of aryl methyl sites for hydroxylation is 1. The van der Waals surface area contributed by atoms with E-state index in [4.69, 9.17) is 0 Å². The first-order valence-electron chi connectivity index (χ1n) is 4.90. The van der Waals surface area contributed by atoms with Crippen molar-refractivity contribution in [2.75, 3.05) is 13.1 Å². The number of hydrogen-bond acceptors (Lipinski definition) is 2. The summed E-state index contributed by atoms with van der Waals surface area (Å²) in [6.07, 6.45) is 0. The lowest BCUT2D eigenvalue weighted by Crippen LogP contribution is -2.18. The standard InChI is InChI=1S/C12H14N2/c1-9-3-5-11(6-4-9)12-10(2)13-7-8-14-12/h3-6H,7-8H2,1-2H3. The molecule has 2 heteroatoms. The van der Waals surface area contributed by atoms with Gasteiger partial charge in [0.1, 0.15) is 0 Å². The first kappa shape index (κ1) is 9.13. The molecule has 0 N–H and O–H groups in total. The van der Waals surface area contributed by atoms with Gasteiger partial charge in [-0.3, -0.25) is 9.98 Å². The Morgan fingerprint density at radius 3 is 2.21 bits per heavy atom. The molecular formula is C12H14N2. The van der Waals surface area contributed by atoms with E-state index < -0.39 is 0 Å². The molecule has 0 amide bonds. The van der Waals surface area contributed by atoms with E-state index in [-0.39, 0.29) is 0 Å². The van der Waals surface area contributed by atoms with Crippen LogP contribution in [0.5, 0.6) is 0 Å². The van der Waals surface area contributed by atoms with Crippen molar-refractivity contribution in [1.82, 2.24) is 0 Å². The monoisotopic (exact) mass is 186 g/mol. The van der Waals surface area contributed by atoms with Crippen LogP contribution in [0.4, 0.5) is 0 Å². The van der Waals surface area contributed by atoms with Crippen LogP contribution in [0.1, 0.15) is 18.1 Å². The lowest BCUT2D eigenvalue weighted by atomic mass is 10.0. The molecule has 1 aliphatic rings. The number of rotatable bonds is 1. The second-order valence-electron chi connectivity index (χ2n) is 3.56. The van der Waals surface area contributed by atoms with E-state index in [0.29, 0.717) is 0 Å². The molecule has 0 aliphatic carbocycles. The van der Waals surface area contributed by atoms with Crippen molar-refractivity contribution in [3.05, 3.63) is 35.4 Å². The van der Waals surface area contributed by atoms with Crippen LogP contribution in [0.25, 0.3) is 0 Å². The second-order valence-corrected chi connectivity index (χ2v) is 3.56. The molecule has 0 spiro atoms. The van der Waals surface area contributed by atoms with Crippen LogP contribution in [-0.2, 0) is 0 Å². The molecule has 2 nitrogen and oxygen atoms in total. The van der Waals surface area contributed by atoms with Crippen LogP contribution in [0.2, 0.25) is 0 Å². The minimum atomic E-state index is 0.820. The zero-order chi connectivity index (χ0) is 9.97. The molecule has 2 rings (SSSR count). The number of benzene rings is 1. The average molecular weight is 186 g/mol. The largest absolute Gasteiger partial charge is 0.286 e. The summed E-state index contributed by atoms with van der Waals surface area (Å²) in [5.41, 5.74) is 4.56. The Hall–Kier alpha value is -1.44. The van der Waals surface area contributed by atoms with Crippen LogP contribution in [0, 0.1) is 6.92 Å². The maximum Gasteiger partial charge on any atom is 0.0854 e. The van der Waals surface area contributed by atoms with E-state index in [1.807, 2.05) is 6.92 Å². The first-order valence-corrected chi connectivity index (χ1v) is 4.90. The van der Waals surface area contributed by atoms with Gasteiger partial charge in [-0.15, -0.1) is 0 Å². The summed E-state index contributed by atoms with van der Waals surface area (Å²) in [5.74, 6) is 0. The van der Waals surface area contributed by atoms with Crippen molar-refractivity contribution >= 4 is 11.4 Å². The van der Waals surface area contributed by atoms with Gasteiger partial charge in [0.15, 0.2) is 0 Å². The Kier molecular flexibility index (Phi) is 2.44. The van der Waals surface area contributed by atoms with Crippen molar-refractivity contribution in [1.29, 1.82) is 0 Å². The maximum atomic E-state index is 4.50. The summed E-state index contributed by atoms with van der Waals surface area (Å²) >= 11 is 0. The Labute approximate surface area is 84.4 Å². The van der Waals surface area contributed by atoms with Crippen LogP contribution in [-0.4, -0.2) is 24.5 Å². The third-order valence-corrected chi connectivity index (χ3v) is 2.39. The normalized spacial score (nSPS) is 16.1. The molecular weight excluding hydrogens is 172 g/mol. The highest BCUT2D eigenvalue weighted by Crippen LogP contribution is 2.08. The topological polar surface area (TPSA) is 24.7 Å². The van der Waals surface area contributed by atoms with Crippen molar-refractivity contribution in [2.45, 2.75) is 13.8 Å². The van der Waals surface area contributed by atoms with Gasteiger partial charge in [-0.05, 0) is 13.8 Å². The van der Waals surface area contributed by atoms with Gasteiger partial charge < -0.3 is 0 Å². The lowest BCUT2D eigenvalue weighted by molar-refractivity contribution is 0.962. The van der Waals surface area contributed by atoms with Gasteiger partial charge in [0.2, 0.25) is 0 Å². The number of aliphatic imine (C=N–C) groups is 2. The van der Waals surface area contributed by atoms with Gasteiger partial charge >= 0.3 is 0 Å². The molecule has 0 bridgehead atoms. The molecule has 72 valence electrons. The maximum absolute atomic E-state index is 4.50.